The van der Waals surface area contributed by atoms with Crippen LogP contribution in [0.1, 0.15) is 15.9 Å². The van der Waals surface area contributed by atoms with Crippen molar-refractivity contribution in [3.63, 3.8) is 0 Å². The molecule has 5 nitrogen and oxygen atoms in total. The molecule has 1 aliphatic heterocycles. The summed E-state index contributed by atoms with van der Waals surface area (Å²) in [6, 6.07) is 15.0. The Hall–Kier alpha value is -3.08. The van der Waals surface area contributed by atoms with Crippen LogP contribution in [0, 0.1) is 0 Å². The lowest BCUT2D eigenvalue weighted by molar-refractivity contribution is 0.0952. The Bertz CT molecular complexity index is 887. The lowest BCUT2D eigenvalue weighted by Crippen LogP contribution is -2.23. The summed E-state index contributed by atoms with van der Waals surface area (Å²) in [6.45, 7) is 0.667. The van der Waals surface area contributed by atoms with Gasteiger partial charge in [0, 0.05) is 18.1 Å². The van der Waals surface area contributed by atoms with Gasteiger partial charge in [0.25, 0.3) is 5.91 Å². The van der Waals surface area contributed by atoms with Crippen molar-refractivity contribution in [2.24, 2.45) is 0 Å². The van der Waals surface area contributed by atoms with Crippen molar-refractivity contribution in [2.45, 2.75) is 6.54 Å². The molecular formula is C18H14N2O3. The maximum absolute atomic E-state index is 12.5. The first kappa shape index (κ1) is 13.6. The molecule has 1 aromatic heterocycles. The molecule has 4 rings (SSSR count). The normalized spacial score (nSPS) is 12.3. The zero-order valence-corrected chi connectivity index (χ0v) is 12.3. The SMILES string of the molecule is O=C(NCc1ccc2c(c1)OCO2)c1ccnc2ccccc12. The standard InChI is InChI=1S/C18H14N2O3/c21-18(14-7-8-19-15-4-2-1-3-13(14)15)20-10-12-5-6-16-17(9-12)23-11-22-16/h1-9H,10-11H2,(H,20,21). The van der Waals surface area contributed by atoms with Crippen LogP contribution in [0.3, 0.4) is 0 Å². The van der Waals surface area contributed by atoms with Crippen molar-refractivity contribution in [1.29, 1.82) is 0 Å². The number of para-hydroxylation sites is 1. The summed E-state index contributed by atoms with van der Waals surface area (Å²) < 4.78 is 10.6. The molecule has 0 spiro atoms. The van der Waals surface area contributed by atoms with Crippen LogP contribution in [-0.4, -0.2) is 17.7 Å². The Morgan fingerprint density at radius 2 is 1.96 bits per heavy atom. The maximum Gasteiger partial charge on any atom is 0.252 e. The van der Waals surface area contributed by atoms with E-state index in [2.05, 4.69) is 10.3 Å². The number of hydrogen-bond donors (Lipinski definition) is 1. The van der Waals surface area contributed by atoms with Gasteiger partial charge in [-0.3, -0.25) is 9.78 Å². The molecule has 3 aromatic rings. The molecule has 0 fully saturated rings. The fourth-order valence-corrected chi connectivity index (χ4v) is 2.62. The van der Waals surface area contributed by atoms with Crippen LogP contribution >= 0.6 is 0 Å². The predicted molar refractivity (Wildman–Crippen MR) is 85.5 cm³/mol. The van der Waals surface area contributed by atoms with Crippen molar-refractivity contribution in [3.8, 4) is 11.5 Å². The second kappa shape index (κ2) is 5.61. The lowest BCUT2D eigenvalue weighted by Gasteiger charge is -2.08. The van der Waals surface area contributed by atoms with Crippen LogP contribution in [0.15, 0.2) is 54.7 Å². The van der Waals surface area contributed by atoms with Crippen LogP contribution in [0.5, 0.6) is 11.5 Å². The van der Waals surface area contributed by atoms with Gasteiger partial charge in [-0.1, -0.05) is 24.3 Å². The summed E-state index contributed by atoms with van der Waals surface area (Å²) in [5, 5.41) is 3.78. The molecule has 1 aliphatic rings. The quantitative estimate of drug-likeness (QED) is 0.808. The van der Waals surface area contributed by atoms with E-state index in [0.717, 1.165) is 22.2 Å². The van der Waals surface area contributed by atoms with E-state index < -0.39 is 0 Å². The topological polar surface area (TPSA) is 60.5 Å². The van der Waals surface area contributed by atoms with Crippen LogP contribution in [0.4, 0.5) is 0 Å². The molecule has 2 heterocycles. The van der Waals surface area contributed by atoms with Gasteiger partial charge in [-0.2, -0.15) is 0 Å². The molecule has 0 unspecified atom stereocenters. The van der Waals surface area contributed by atoms with E-state index in [1.54, 1.807) is 12.3 Å². The minimum atomic E-state index is -0.124. The van der Waals surface area contributed by atoms with Crippen LogP contribution in [0.25, 0.3) is 10.9 Å². The van der Waals surface area contributed by atoms with Gasteiger partial charge in [-0.15, -0.1) is 0 Å². The highest BCUT2D eigenvalue weighted by atomic mass is 16.7. The number of carbonyl (C=O) groups is 1. The molecule has 1 N–H and O–H groups in total. The average molecular weight is 306 g/mol. The zero-order chi connectivity index (χ0) is 15.6. The fraction of sp³-hybridized carbons (Fsp3) is 0.111. The summed E-state index contributed by atoms with van der Waals surface area (Å²) in [6.07, 6.45) is 1.65. The molecule has 0 saturated carbocycles. The second-order valence-corrected chi connectivity index (χ2v) is 5.25. The number of carbonyl (C=O) groups excluding carboxylic acids is 1. The first-order valence-corrected chi connectivity index (χ1v) is 7.32. The number of amides is 1. The predicted octanol–water partition coefficient (Wildman–Crippen LogP) is 2.89. The highest BCUT2D eigenvalue weighted by Crippen LogP contribution is 2.32. The number of ether oxygens (including phenoxy) is 2. The first-order chi connectivity index (χ1) is 11.3. The third-order valence-electron chi connectivity index (χ3n) is 3.78. The van der Waals surface area contributed by atoms with E-state index in [0.29, 0.717) is 17.9 Å². The molecule has 0 bridgehead atoms. The maximum atomic E-state index is 12.5. The lowest BCUT2D eigenvalue weighted by atomic mass is 10.1. The summed E-state index contributed by atoms with van der Waals surface area (Å²) in [4.78, 5) is 16.7. The molecule has 1 amide bonds. The minimum absolute atomic E-state index is 0.124. The van der Waals surface area contributed by atoms with Gasteiger partial charge in [0.1, 0.15) is 0 Å². The first-order valence-electron chi connectivity index (χ1n) is 7.32. The summed E-state index contributed by atoms with van der Waals surface area (Å²) in [5.74, 6) is 1.33. The number of aromatic nitrogens is 1. The van der Waals surface area contributed by atoms with Crippen molar-refractivity contribution in [3.05, 3.63) is 65.9 Å². The van der Waals surface area contributed by atoms with Crippen LogP contribution in [0.2, 0.25) is 0 Å². The van der Waals surface area contributed by atoms with Gasteiger partial charge < -0.3 is 14.8 Å². The van der Waals surface area contributed by atoms with Crippen molar-refractivity contribution < 1.29 is 14.3 Å². The van der Waals surface area contributed by atoms with Crippen molar-refractivity contribution in [1.82, 2.24) is 10.3 Å². The highest BCUT2D eigenvalue weighted by molar-refractivity contribution is 6.05. The number of pyridine rings is 1. The smallest absolute Gasteiger partial charge is 0.252 e. The van der Waals surface area contributed by atoms with Gasteiger partial charge in [0.15, 0.2) is 11.5 Å². The largest absolute Gasteiger partial charge is 0.454 e. The Labute approximate surface area is 132 Å². The highest BCUT2D eigenvalue weighted by Gasteiger charge is 2.14. The molecular weight excluding hydrogens is 292 g/mol. The molecule has 0 radical (unpaired) electrons. The van der Waals surface area contributed by atoms with Gasteiger partial charge in [0.05, 0.1) is 11.1 Å². The van der Waals surface area contributed by atoms with E-state index in [9.17, 15) is 4.79 Å². The molecule has 114 valence electrons. The van der Waals surface area contributed by atoms with Gasteiger partial charge in [-0.25, -0.2) is 0 Å². The van der Waals surface area contributed by atoms with E-state index in [-0.39, 0.29) is 12.7 Å². The van der Waals surface area contributed by atoms with Crippen molar-refractivity contribution in [2.75, 3.05) is 6.79 Å². The Kier molecular flexibility index (Phi) is 3.31. The summed E-state index contributed by atoms with van der Waals surface area (Å²) in [5.41, 5.74) is 2.39. The Morgan fingerprint density at radius 3 is 2.91 bits per heavy atom. The van der Waals surface area contributed by atoms with Crippen LogP contribution < -0.4 is 14.8 Å². The monoisotopic (exact) mass is 306 g/mol. The summed E-state index contributed by atoms with van der Waals surface area (Å²) >= 11 is 0. The molecule has 0 saturated heterocycles. The van der Waals surface area contributed by atoms with Gasteiger partial charge >= 0.3 is 0 Å². The number of benzene rings is 2. The number of hydrogen-bond acceptors (Lipinski definition) is 4. The Balaban J connectivity index is 1.53. The number of rotatable bonds is 3. The molecule has 23 heavy (non-hydrogen) atoms. The van der Waals surface area contributed by atoms with Gasteiger partial charge in [0.2, 0.25) is 6.79 Å². The van der Waals surface area contributed by atoms with E-state index in [4.69, 9.17) is 9.47 Å². The van der Waals surface area contributed by atoms with E-state index in [1.807, 2.05) is 42.5 Å². The zero-order valence-electron chi connectivity index (χ0n) is 12.3. The molecule has 0 atom stereocenters. The average Bonchev–Trinajstić information content (AvgIpc) is 3.07. The third-order valence-corrected chi connectivity index (χ3v) is 3.78. The van der Waals surface area contributed by atoms with Gasteiger partial charge in [-0.05, 0) is 29.8 Å². The Morgan fingerprint density at radius 1 is 1.09 bits per heavy atom. The third kappa shape index (κ3) is 2.57. The van der Waals surface area contributed by atoms with Crippen molar-refractivity contribution >= 4 is 16.8 Å². The van der Waals surface area contributed by atoms with Crippen LogP contribution in [-0.2, 0) is 6.54 Å². The molecule has 5 heteroatoms. The molecule has 0 aliphatic carbocycles. The van der Waals surface area contributed by atoms with E-state index in [1.165, 1.54) is 0 Å². The molecule has 2 aromatic carbocycles. The number of nitrogens with one attached hydrogen (secondary N) is 1. The minimum Gasteiger partial charge on any atom is -0.454 e. The van der Waals surface area contributed by atoms with E-state index >= 15 is 0 Å². The summed E-state index contributed by atoms with van der Waals surface area (Å²) in [7, 11) is 0. The number of nitrogens with zero attached hydrogens (tertiary/aromatic N) is 1. The second-order valence-electron chi connectivity index (χ2n) is 5.25. The number of fused-ring (bicyclic) bond motifs is 2. The fourth-order valence-electron chi connectivity index (χ4n) is 2.62.